The summed E-state index contributed by atoms with van der Waals surface area (Å²) in [5, 5.41) is 9.58. The molecule has 86 valence electrons. The van der Waals surface area contributed by atoms with Gasteiger partial charge in [0.15, 0.2) is 0 Å². The first-order valence-corrected chi connectivity index (χ1v) is 5.98. The van der Waals surface area contributed by atoms with Crippen LogP contribution in [0.4, 0.5) is 0 Å². The summed E-state index contributed by atoms with van der Waals surface area (Å²) in [6.45, 7) is 1.93. The van der Waals surface area contributed by atoms with E-state index in [2.05, 4.69) is 6.07 Å². The van der Waals surface area contributed by atoms with Crippen molar-refractivity contribution in [2.75, 3.05) is 0 Å². The topological polar surface area (TPSA) is 37.3 Å². The summed E-state index contributed by atoms with van der Waals surface area (Å²) in [6.07, 6.45) is 3.45. The lowest BCUT2D eigenvalue weighted by Gasteiger charge is -2.12. The number of carboxylic acid groups (broad SMARTS) is 1. The van der Waals surface area contributed by atoms with Crippen molar-refractivity contribution < 1.29 is 9.90 Å². The van der Waals surface area contributed by atoms with Crippen LogP contribution in [0.25, 0.3) is 0 Å². The zero-order valence-corrected chi connectivity index (χ0v) is 10.0. The summed E-state index contributed by atoms with van der Waals surface area (Å²) in [4.78, 5) is 10.7. The lowest BCUT2D eigenvalue weighted by atomic mass is 9.94. The zero-order valence-electron chi connectivity index (χ0n) is 9.29. The molecule has 0 aromatic heterocycles. The van der Waals surface area contributed by atoms with E-state index < -0.39 is 5.97 Å². The van der Waals surface area contributed by atoms with E-state index in [4.69, 9.17) is 16.7 Å². The van der Waals surface area contributed by atoms with E-state index >= 15 is 0 Å². The molecule has 0 fully saturated rings. The molecule has 2 nitrogen and oxygen atoms in total. The highest BCUT2D eigenvalue weighted by Gasteiger charge is 2.18. The Balaban J connectivity index is 2.29. The molecule has 1 atom stereocenters. The number of benzene rings is 1. The van der Waals surface area contributed by atoms with Gasteiger partial charge < -0.3 is 5.11 Å². The number of halogens is 1. The van der Waals surface area contributed by atoms with Crippen molar-refractivity contribution >= 4 is 17.6 Å². The summed E-state index contributed by atoms with van der Waals surface area (Å²) in [6, 6.07) is 4.06. The molecular weight excluding hydrogens is 224 g/mol. The molecule has 1 aliphatic rings. The SMILES string of the molecule is CC(CC(=O)O)c1cc(Cl)c2c(c1)CCC2. The van der Waals surface area contributed by atoms with Crippen LogP contribution >= 0.6 is 11.6 Å². The predicted molar refractivity (Wildman–Crippen MR) is 64.1 cm³/mol. The quantitative estimate of drug-likeness (QED) is 0.876. The average molecular weight is 239 g/mol. The molecule has 0 spiro atoms. The van der Waals surface area contributed by atoms with Gasteiger partial charge in [-0.05, 0) is 47.9 Å². The van der Waals surface area contributed by atoms with E-state index in [1.165, 1.54) is 11.1 Å². The number of aryl methyl sites for hydroxylation is 1. The Morgan fingerprint density at radius 3 is 2.94 bits per heavy atom. The van der Waals surface area contributed by atoms with Gasteiger partial charge in [-0.15, -0.1) is 0 Å². The normalized spacial score (nSPS) is 15.9. The van der Waals surface area contributed by atoms with Gasteiger partial charge in [0.1, 0.15) is 0 Å². The molecule has 2 rings (SSSR count). The van der Waals surface area contributed by atoms with Crippen molar-refractivity contribution in [3.05, 3.63) is 33.8 Å². The monoisotopic (exact) mass is 238 g/mol. The molecule has 16 heavy (non-hydrogen) atoms. The van der Waals surface area contributed by atoms with Gasteiger partial charge in [0.25, 0.3) is 0 Å². The molecule has 0 saturated carbocycles. The van der Waals surface area contributed by atoms with Gasteiger partial charge >= 0.3 is 5.97 Å². The molecule has 0 saturated heterocycles. The number of aliphatic carboxylic acids is 1. The molecular formula is C13H15ClO2. The lowest BCUT2D eigenvalue weighted by Crippen LogP contribution is -2.03. The maximum atomic E-state index is 10.7. The Morgan fingerprint density at radius 2 is 2.25 bits per heavy atom. The molecule has 1 aromatic carbocycles. The van der Waals surface area contributed by atoms with Crippen LogP contribution in [-0.4, -0.2) is 11.1 Å². The molecule has 1 aliphatic carbocycles. The Hall–Kier alpha value is -1.02. The van der Waals surface area contributed by atoms with Crippen LogP contribution < -0.4 is 0 Å². The van der Waals surface area contributed by atoms with Crippen molar-refractivity contribution in [2.45, 2.75) is 38.5 Å². The number of carboxylic acids is 1. The second-order valence-electron chi connectivity index (χ2n) is 4.49. The minimum Gasteiger partial charge on any atom is -0.481 e. The van der Waals surface area contributed by atoms with Gasteiger partial charge in [-0.1, -0.05) is 24.6 Å². The fourth-order valence-corrected chi connectivity index (χ4v) is 2.68. The van der Waals surface area contributed by atoms with Crippen LogP contribution in [0.1, 0.15) is 42.4 Å². The van der Waals surface area contributed by atoms with E-state index in [-0.39, 0.29) is 12.3 Å². The Bertz CT molecular complexity index is 426. The van der Waals surface area contributed by atoms with Gasteiger partial charge in [-0.25, -0.2) is 0 Å². The molecule has 0 bridgehead atoms. The van der Waals surface area contributed by atoms with E-state index in [1.54, 1.807) is 0 Å². The summed E-state index contributed by atoms with van der Waals surface area (Å²) in [5.74, 6) is -0.731. The average Bonchev–Trinajstić information content (AvgIpc) is 2.64. The van der Waals surface area contributed by atoms with Gasteiger partial charge in [0.2, 0.25) is 0 Å². The van der Waals surface area contributed by atoms with Crippen LogP contribution in [0.2, 0.25) is 5.02 Å². The minimum atomic E-state index is -0.760. The molecule has 0 aliphatic heterocycles. The van der Waals surface area contributed by atoms with Crippen molar-refractivity contribution in [2.24, 2.45) is 0 Å². The van der Waals surface area contributed by atoms with Gasteiger partial charge in [0.05, 0.1) is 6.42 Å². The van der Waals surface area contributed by atoms with Crippen LogP contribution in [0, 0.1) is 0 Å². The van der Waals surface area contributed by atoms with Crippen LogP contribution in [-0.2, 0) is 17.6 Å². The van der Waals surface area contributed by atoms with E-state index in [1.807, 2.05) is 13.0 Å². The highest BCUT2D eigenvalue weighted by Crippen LogP contribution is 2.33. The van der Waals surface area contributed by atoms with Crippen LogP contribution in [0.5, 0.6) is 0 Å². The summed E-state index contributed by atoms with van der Waals surface area (Å²) in [5.41, 5.74) is 3.61. The Morgan fingerprint density at radius 1 is 1.50 bits per heavy atom. The third kappa shape index (κ3) is 2.22. The smallest absolute Gasteiger partial charge is 0.303 e. The maximum absolute atomic E-state index is 10.7. The van der Waals surface area contributed by atoms with Crippen LogP contribution in [0.3, 0.4) is 0 Å². The van der Waals surface area contributed by atoms with Crippen molar-refractivity contribution in [1.82, 2.24) is 0 Å². The first kappa shape index (κ1) is 11.5. The largest absolute Gasteiger partial charge is 0.481 e. The van der Waals surface area contributed by atoms with Gasteiger partial charge in [-0.2, -0.15) is 0 Å². The van der Waals surface area contributed by atoms with Crippen molar-refractivity contribution in [1.29, 1.82) is 0 Å². The fourth-order valence-electron chi connectivity index (χ4n) is 2.34. The second-order valence-corrected chi connectivity index (χ2v) is 4.90. The van der Waals surface area contributed by atoms with E-state index in [0.717, 1.165) is 29.8 Å². The Labute approximate surface area is 100 Å². The molecule has 1 aromatic rings. The highest BCUT2D eigenvalue weighted by molar-refractivity contribution is 6.31. The molecule has 0 amide bonds. The van der Waals surface area contributed by atoms with Gasteiger partial charge in [0, 0.05) is 5.02 Å². The van der Waals surface area contributed by atoms with Crippen LogP contribution in [0.15, 0.2) is 12.1 Å². The summed E-state index contributed by atoms with van der Waals surface area (Å²) in [7, 11) is 0. The number of hydrogen-bond acceptors (Lipinski definition) is 1. The Kier molecular flexibility index (Phi) is 3.20. The maximum Gasteiger partial charge on any atom is 0.303 e. The number of hydrogen-bond donors (Lipinski definition) is 1. The number of fused-ring (bicyclic) bond motifs is 1. The lowest BCUT2D eigenvalue weighted by molar-refractivity contribution is -0.137. The first-order chi connectivity index (χ1) is 7.58. The third-order valence-electron chi connectivity index (χ3n) is 3.23. The molecule has 1 unspecified atom stereocenters. The highest BCUT2D eigenvalue weighted by atomic mass is 35.5. The summed E-state index contributed by atoms with van der Waals surface area (Å²) < 4.78 is 0. The number of carbonyl (C=O) groups is 1. The minimum absolute atomic E-state index is 0.0286. The number of rotatable bonds is 3. The standard InChI is InChI=1S/C13H15ClO2/c1-8(5-13(15)16)10-6-9-3-2-4-11(9)12(14)7-10/h6-8H,2-5H2,1H3,(H,15,16). The molecule has 3 heteroatoms. The molecule has 0 radical (unpaired) electrons. The van der Waals surface area contributed by atoms with E-state index in [9.17, 15) is 4.79 Å². The second kappa shape index (κ2) is 4.46. The molecule has 1 N–H and O–H groups in total. The fraction of sp³-hybridized carbons (Fsp3) is 0.462. The van der Waals surface area contributed by atoms with Crippen molar-refractivity contribution in [3.63, 3.8) is 0 Å². The zero-order chi connectivity index (χ0) is 11.7. The summed E-state index contributed by atoms with van der Waals surface area (Å²) >= 11 is 6.21. The molecule has 0 heterocycles. The van der Waals surface area contributed by atoms with Crippen molar-refractivity contribution in [3.8, 4) is 0 Å². The van der Waals surface area contributed by atoms with Gasteiger partial charge in [-0.3, -0.25) is 4.79 Å². The predicted octanol–water partition coefficient (Wildman–Crippen LogP) is 3.41. The third-order valence-corrected chi connectivity index (χ3v) is 3.57. The van der Waals surface area contributed by atoms with E-state index in [0.29, 0.717) is 0 Å². The first-order valence-electron chi connectivity index (χ1n) is 5.61.